The standard InChI is InChI=1S/C23H26ClN3O2S/c1-27(17-7-10-29-11-8-17)14-22-19(24)13-21(30-22)20(28)5-3-15-2-4-18-16(12-15)6-9-26-23(18)25/h2,4,6,9,12-13,17H,3,5,7-8,10-11,14H2,1H3,(H2,25,26). The number of benzene rings is 1. The largest absolute Gasteiger partial charge is 0.383 e. The fraction of sp³-hybridized carbons (Fsp3) is 0.391. The predicted molar refractivity (Wildman–Crippen MR) is 123 cm³/mol. The van der Waals surface area contributed by atoms with Gasteiger partial charge in [0.15, 0.2) is 5.78 Å². The smallest absolute Gasteiger partial charge is 0.173 e. The van der Waals surface area contributed by atoms with Crippen molar-refractivity contribution in [2.75, 3.05) is 26.0 Å². The first-order valence-corrected chi connectivity index (χ1v) is 11.4. The van der Waals surface area contributed by atoms with Crippen LogP contribution < -0.4 is 5.73 Å². The molecule has 1 aliphatic heterocycles. The van der Waals surface area contributed by atoms with Gasteiger partial charge in [-0.3, -0.25) is 9.69 Å². The molecular weight excluding hydrogens is 418 g/mol. The summed E-state index contributed by atoms with van der Waals surface area (Å²) < 4.78 is 5.45. The molecule has 4 rings (SSSR count). The Balaban J connectivity index is 1.38. The van der Waals surface area contributed by atoms with Crippen molar-refractivity contribution in [2.45, 2.75) is 38.3 Å². The number of aryl methyl sites for hydroxylation is 1. The fourth-order valence-corrected chi connectivity index (χ4v) is 5.35. The Bertz CT molecular complexity index is 1050. The minimum atomic E-state index is 0.135. The number of carbonyl (C=O) groups excluding carboxylic acids is 1. The fourth-order valence-electron chi connectivity index (χ4n) is 3.92. The van der Waals surface area contributed by atoms with Crippen LogP contribution in [0.15, 0.2) is 36.5 Å². The van der Waals surface area contributed by atoms with E-state index in [0.717, 1.165) is 58.7 Å². The van der Waals surface area contributed by atoms with Crippen LogP contribution in [-0.2, 0) is 17.7 Å². The highest BCUT2D eigenvalue weighted by Crippen LogP contribution is 2.30. The van der Waals surface area contributed by atoms with Gasteiger partial charge in [0, 0.05) is 48.7 Å². The molecule has 1 aliphatic rings. The van der Waals surface area contributed by atoms with Crippen molar-refractivity contribution in [3.05, 3.63) is 56.9 Å². The number of hydrogen-bond donors (Lipinski definition) is 1. The summed E-state index contributed by atoms with van der Waals surface area (Å²) >= 11 is 7.98. The van der Waals surface area contributed by atoms with Crippen LogP contribution in [0.5, 0.6) is 0 Å². The van der Waals surface area contributed by atoms with Gasteiger partial charge < -0.3 is 10.5 Å². The highest BCUT2D eigenvalue weighted by molar-refractivity contribution is 7.14. The molecule has 158 valence electrons. The molecule has 0 atom stereocenters. The van der Waals surface area contributed by atoms with Crippen molar-refractivity contribution < 1.29 is 9.53 Å². The van der Waals surface area contributed by atoms with Gasteiger partial charge in [0.2, 0.25) is 0 Å². The van der Waals surface area contributed by atoms with Crippen LogP contribution in [0.3, 0.4) is 0 Å². The highest BCUT2D eigenvalue weighted by atomic mass is 35.5. The lowest BCUT2D eigenvalue weighted by Crippen LogP contribution is -2.36. The second kappa shape index (κ2) is 9.43. The summed E-state index contributed by atoms with van der Waals surface area (Å²) in [6.45, 7) is 2.39. The summed E-state index contributed by atoms with van der Waals surface area (Å²) in [5.41, 5.74) is 7.03. The number of ketones is 1. The van der Waals surface area contributed by atoms with Crippen LogP contribution in [-0.4, -0.2) is 42.0 Å². The minimum absolute atomic E-state index is 0.135. The third kappa shape index (κ3) is 4.83. The van der Waals surface area contributed by atoms with Crippen LogP contribution >= 0.6 is 22.9 Å². The molecule has 1 saturated heterocycles. The van der Waals surface area contributed by atoms with E-state index in [-0.39, 0.29) is 5.78 Å². The lowest BCUT2D eigenvalue weighted by atomic mass is 10.0. The monoisotopic (exact) mass is 443 g/mol. The van der Waals surface area contributed by atoms with Crippen LogP contribution in [0.4, 0.5) is 5.82 Å². The molecule has 3 heterocycles. The molecule has 2 N–H and O–H groups in total. The zero-order valence-electron chi connectivity index (χ0n) is 17.1. The number of fused-ring (bicyclic) bond motifs is 1. The van der Waals surface area contributed by atoms with E-state index in [1.54, 1.807) is 6.20 Å². The first-order valence-electron chi connectivity index (χ1n) is 10.2. The normalized spacial score (nSPS) is 15.2. The number of Topliss-reactive ketones (excluding diaryl/α,β-unsaturated/α-hetero) is 1. The van der Waals surface area contributed by atoms with Crippen molar-refractivity contribution in [2.24, 2.45) is 0 Å². The number of aromatic nitrogens is 1. The van der Waals surface area contributed by atoms with Crippen LogP contribution in [0.2, 0.25) is 5.02 Å². The summed E-state index contributed by atoms with van der Waals surface area (Å²) in [6.07, 6.45) is 4.93. The molecule has 3 aromatic rings. The SMILES string of the molecule is CN(Cc1sc(C(=O)CCc2ccc3c(N)nccc3c2)cc1Cl)C1CCOCC1. The Morgan fingerprint density at radius 2 is 2.10 bits per heavy atom. The number of rotatable bonds is 7. The Labute approximate surface area is 185 Å². The van der Waals surface area contributed by atoms with Crippen LogP contribution in [0.25, 0.3) is 10.8 Å². The number of thiophene rings is 1. The van der Waals surface area contributed by atoms with E-state index in [4.69, 9.17) is 22.1 Å². The van der Waals surface area contributed by atoms with Crippen molar-refractivity contribution in [3.8, 4) is 0 Å². The van der Waals surface area contributed by atoms with E-state index in [9.17, 15) is 4.79 Å². The van der Waals surface area contributed by atoms with E-state index in [0.29, 0.717) is 29.7 Å². The van der Waals surface area contributed by atoms with Crippen molar-refractivity contribution in [1.29, 1.82) is 0 Å². The molecule has 5 nitrogen and oxygen atoms in total. The maximum absolute atomic E-state index is 12.8. The van der Waals surface area contributed by atoms with Gasteiger partial charge in [-0.05, 0) is 49.4 Å². The van der Waals surface area contributed by atoms with Gasteiger partial charge in [-0.2, -0.15) is 0 Å². The lowest BCUT2D eigenvalue weighted by Gasteiger charge is -2.30. The van der Waals surface area contributed by atoms with Gasteiger partial charge in [-0.25, -0.2) is 4.98 Å². The average molecular weight is 444 g/mol. The van der Waals surface area contributed by atoms with E-state index in [2.05, 4.69) is 23.0 Å². The first kappa shape index (κ1) is 21.2. The molecular formula is C23H26ClN3O2S. The third-order valence-corrected chi connectivity index (χ3v) is 7.35. The quantitative estimate of drug-likeness (QED) is 0.523. The van der Waals surface area contributed by atoms with E-state index >= 15 is 0 Å². The Morgan fingerprint density at radius 1 is 1.30 bits per heavy atom. The molecule has 0 bridgehead atoms. The van der Waals surface area contributed by atoms with Gasteiger partial charge in [-0.15, -0.1) is 11.3 Å². The van der Waals surface area contributed by atoms with Gasteiger partial charge >= 0.3 is 0 Å². The molecule has 1 fully saturated rings. The number of nitrogen functional groups attached to an aromatic ring is 1. The van der Waals surface area contributed by atoms with E-state index in [1.807, 2.05) is 24.3 Å². The number of ether oxygens (including phenoxy) is 1. The van der Waals surface area contributed by atoms with Crippen molar-refractivity contribution in [3.63, 3.8) is 0 Å². The highest BCUT2D eigenvalue weighted by Gasteiger charge is 2.21. The lowest BCUT2D eigenvalue weighted by molar-refractivity contribution is 0.0410. The molecule has 30 heavy (non-hydrogen) atoms. The molecule has 0 radical (unpaired) electrons. The number of pyridine rings is 1. The molecule has 0 unspecified atom stereocenters. The summed E-state index contributed by atoms with van der Waals surface area (Å²) in [5, 5.41) is 2.68. The maximum atomic E-state index is 12.8. The Hall–Kier alpha value is -1.99. The topological polar surface area (TPSA) is 68.5 Å². The van der Waals surface area contributed by atoms with Crippen LogP contribution in [0, 0.1) is 0 Å². The summed E-state index contributed by atoms with van der Waals surface area (Å²) in [5.74, 6) is 0.665. The van der Waals surface area contributed by atoms with Gasteiger partial charge in [-0.1, -0.05) is 29.8 Å². The molecule has 0 amide bonds. The molecule has 1 aromatic carbocycles. The number of hydrogen-bond acceptors (Lipinski definition) is 6. The number of nitrogens with zero attached hydrogens (tertiary/aromatic N) is 2. The average Bonchev–Trinajstić information content (AvgIpc) is 3.13. The zero-order valence-corrected chi connectivity index (χ0v) is 18.6. The summed E-state index contributed by atoms with van der Waals surface area (Å²) in [6, 6.07) is 10.3. The van der Waals surface area contributed by atoms with Crippen LogP contribution in [0.1, 0.15) is 39.4 Å². The predicted octanol–water partition coefficient (Wildman–Crippen LogP) is 4.96. The molecule has 7 heteroatoms. The zero-order chi connectivity index (χ0) is 21.1. The number of carbonyl (C=O) groups is 1. The molecule has 0 spiro atoms. The van der Waals surface area contributed by atoms with Gasteiger partial charge in [0.25, 0.3) is 0 Å². The molecule has 2 aromatic heterocycles. The number of halogens is 1. The summed E-state index contributed by atoms with van der Waals surface area (Å²) in [4.78, 5) is 21.0. The third-order valence-electron chi connectivity index (χ3n) is 5.74. The van der Waals surface area contributed by atoms with E-state index in [1.165, 1.54) is 11.3 Å². The molecule has 0 aliphatic carbocycles. The Kier molecular flexibility index (Phi) is 6.68. The first-order chi connectivity index (χ1) is 14.5. The minimum Gasteiger partial charge on any atom is -0.383 e. The van der Waals surface area contributed by atoms with Gasteiger partial charge in [0.05, 0.1) is 9.90 Å². The maximum Gasteiger partial charge on any atom is 0.173 e. The van der Waals surface area contributed by atoms with E-state index < -0.39 is 0 Å². The summed E-state index contributed by atoms with van der Waals surface area (Å²) in [7, 11) is 2.12. The van der Waals surface area contributed by atoms with Crippen molar-refractivity contribution >= 4 is 45.3 Å². The second-order valence-electron chi connectivity index (χ2n) is 7.82. The van der Waals surface area contributed by atoms with Gasteiger partial charge in [0.1, 0.15) is 5.82 Å². The number of anilines is 1. The van der Waals surface area contributed by atoms with Crippen molar-refractivity contribution in [1.82, 2.24) is 9.88 Å². The molecule has 0 saturated carbocycles. The number of nitrogens with two attached hydrogens (primary N) is 1. The second-order valence-corrected chi connectivity index (χ2v) is 9.36. The Morgan fingerprint density at radius 3 is 2.90 bits per heavy atom.